The monoisotopic (exact) mass is 269 g/mol. The molecular formula is C12H12ClNS2. The second kappa shape index (κ2) is 4.70. The first-order chi connectivity index (χ1) is 7.61. The van der Waals surface area contributed by atoms with Crippen molar-refractivity contribution in [3.8, 4) is 11.3 Å². The van der Waals surface area contributed by atoms with E-state index in [4.69, 9.17) is 23.8 Å². The number of aryl methyl sites for hydroxylation is 2. The summed E-state index contributed by atoms with van der Waals surface area (Å²) in [6.45, 7) is 4.15. The number of halogens is 1. The van der Waals surface area contributed by atoms with Crippen molar-refractivity contribution in [2.75, 3.05) is 0 Å². The lowest BCUT2D eigenvalue weighted by Crippen LogP contribution is -1.85. The van der Waals surface area contributed by atoms with E-state index < -0.39 is 0 Å². The third kappa shape index (κ3) is 2.21. The first kappa shape index (κ1) is 11.8. The van der Waals surface area contributed by atoms with E-state index in [1.807, 2.05) is 19.1 Å². The highest BCUT2D eigenvalue weighted by atomic mass is 35.5. The minimum atomic E-state index is 0.802. The summed E-state index contributed by atoms with van der Waals surface area (Å²) in [7, 11) is 0. The van der Waals surface area contributed by atoms with Gasteiger partial charge in [0.2, 0.25) is 0 Å². The smallest absolute Gasteiger partial charge is 0.159 e. The number of aromatic nitrogens is 1. The van der Waals surface area contributed by atoms with Gasteiger partial charge in [0, 0.05) is 9.90 Å². The van der Waals surface area contributed by atoms with Crippen LogP contribution in [0.1, 0.15) is 17.4 Å². The number of hydrogen-bond acceptors (Lipinski definition) is 2. The van der Waals surface area contributed by atoms with Gasteiger partial charge in [0.25, 0.3) is 0 Å². The number of aromatic amines is 1. The van der Waals surface area contributed by atoms with Gasteiger partial charge in [-0.3, -0.25) is 0 Å². The summed E-state index contributed by atoms with van der Waals surface area (Å²) in [6.07, 6.45) is 0.995. The molecule has 0 saturated heterocycles. The topological polar surface area (TPSA) is 15.8 Å². The Morgan fingerprint density at radius 3 is 2.81 bits per heavy atom. The van der Waals surface area contributed by atoms with Gasteiger partial charge in [-0.25, -0.2) is 0 Å². The van der Waals surface area contributed by atoms with Crippen LogP contribution in [-0.2, 0) is 6.42 Å². The van der Waals surface area contributed by atoms with E-state index in [0.717, 1.165) is 32.2 Å². The zero-order valence-electron chi connectivity index (χ0n) is 9.13. The molecule has 0 aliphatic heterocycles. The van der Waals surface area contributed by atoms with Crippen LogP contribution in [0.3, 0.4) is 0 Å². The number of benzene rings is 1. The Morgan fingerprint density at radius 1 is 1.44 bits per heavy atom. The molecule has 0 fully saturated rings. The Labute approximate surface area is 109 Å². The molecule has 1 heterocycles. The van der Waals surface area contributed by atoms with E-state index in [0.29, 0.717) is 0 Å². The van der Waals surface area contributed by atoms with Gasteiger partial charge in [-0.05, 0) is 48.8 Å². The van der Waals surface area contributed by atoms with Crippen molar-refractivity contribution in [3.63, 3.8) is 0 Å². The molecule has 0 radical (unpaired) electrons. The van der Waals surface area contributed by atoms with Gasteiger partial charge in [0.05, 0.1) is 5.69 Å². The molecule has 0 bridgehead atoms. The van der Waals surface area contributed by atoms with Crippen molar-refractivity contribution >= 4 is 35.2 Å². The predicted molar refractivity (Wildman–Crippen MR) is 74.1 cm³/mol. The largest absolute Gasteiger partial charge is 0.337 e. The summed E-state index contributed by atoms with van der Waals surface area (Å²) in [5, 5.41) is 0.802. The van der Waals surface area contributed by atoms with Crippen LogP contribution in [0.15, 0.2) is 18.2 Å². The van der Waals surface area contributed by atoms with Crippen LogP contribution >= 0.6 is 35.2 Å². The minimum Gasteiger partial charge on any atom is -0.337 e. The molecule has 84 valence electrons. The molecule has 0 aliphatic rings. The number of nitrogens with one attached hydrogen (secondary N) is 1. The van der Waals surface area contributed by atoms with Crippen LogP contribution in [0.5, 0.6) is 0 Å². The van der Waals surface area contributed by atoms with Crippen LogP contribution in [0, 0.1) is 10.9 Å². The Hall–Kier alpha value is -0.640. The Balaban J connectivity index is 2.57. The van der Waals surface area contributed by atoms with Gasteiger partial charge >= 0.3 is 0 Å². The van der Waals surface area contributed by atoms with Crippen LogP contribution < -0.4 is 0 Å². The zero-order chi connectivity index (χ0) is 11.7. The average molecular weight is 270 g/mol. The number of H-pyrrole nitrogens is 1. The van der Waals surface area contributed by atoms with Gasteiger partial charge in [-0.15, -0.1) is 11.3 Å². The molecule has 0 atom stereocenters. The fourth-order valence-corrected chi connectivity index (χ4v) is 2.96. The standard InChI is InChI=1S/C12H12ClNS2/c1-3-10-11(14-12(15)16-10)8-4-5-9(13)7(2)6-8/h4-6H,3H2,1-2H3,(H,14,15). The summed E-state index contributed by atoms with van der Waals surface area (Å²) in [5.41, 5.74) is 3.38. The van der Waals surface area contributed by atoms with Crippen LogP contribution in [0.2, 0.25) is 5.02 Å². The van der Waals surface area contributed by atoms with Crippen molar-refractivity contribution in [1.82, 2.24) is 4.98 Å². The second-order valence-electron chi connectivity index (χ2n) is 3.63. The molecule has 0 spiro atoms. The van der Waals surface area contributed by atoms with Crippen molar-refractivity contribution in [1.29, 1.82) is 0 Å². The molecule has 1 N–H and O–H groups in total. The molecule has 0 aliphatic carbocycles. The summed E-state index contributed by atoms with van der Waals surface area (Å²) < 4.78 is 0.833. The lowest BCUT2D eigenvalue weighted by Gasteiger charge is -2.04. The minimum absolute atomic E-state index is 0.802. The first-order valence-corrected chi connectivity index (χ1v) is 6.70. The molecule has 1 aromatic heterocycles. The highest BCUT2D eigenvalue weighted by Crippen LogP contribution is 2.29. The highest BCUT2D eigenvalue weighted by Gasteiger charge is 2.08. The molecule has 0 saturated carbocycles. The molecule has 2 aromatic rings. The summed E-state index contributed by atoms with van der Waals surface area (Å²) in [4.78, 5) is 4.55. The second-order valence-corrected chi connectivity index (χ2v) is 5.81. The fourth-order valence-electron chi connectivity index (χ4n) is 1.64. The van der Waals surface area contributed by atoms with Crippen molar-refractivity contribution in [3.05, 3.63) is 37.6 Å². The number of hydrogen-bond donors (Lipinski definition) is 1. The highest BCUT2D eigenvalue weighted by molar-refractivity contribution is 7.73. The Morgan fingerprint density at radius 2 is 2.19 bits per heavy atom. The van der Waals surface area contributed by atoms with E-state index in [2.05, 4.69) is 18.0 Å². The zero-order valence-corrected chi connectivity index (χ0v) is 11.5. The van der Waals surface area contributed by atoms with Crippen LogP contribution in [0.4, 0.5) is 0 Å². The van der Waals surface area contributed by atoms with Gasteiger partial charge in [0.15, 0.2) is 3.95 Å². The van der Waals surface area contributed by atoms with Crippen molar-refractivity contribution < 1.29 is 0 Å². The number of rotatable bonds is 2. The van der Waals surface area contributed by atoms with Crippen molar-refractivity contribution in [2.24, 2.45) is 0 Å². The lowest BCUT2D eigenvalue weighted by molar-refractivity contribution is 1.17. The molecule has 4 heteroatoms. The summed E-state index contributed by atoms with van der Waals surface area (Å²) in [5.74, 6) is 0. The Kier molecular flexibility index (Phi) is 3.47. The van der Waals surface area contributed by atoms with Gasteiger partial charge in [-0.1, -0.05) is 24.6 Å². The van der Waals surface area contributed by atoms with E-state index in [-0.39, 0.29) is 0 Å². The van der Waals surface area contributed by atoms with Gasteiger partial charge in [-0.2, -0.15) is 0 Å². The quantitative estimate of drug-likeness (QED) is 0.759. The molecule has 1 nitrogen and oxygen atoms in total. The van der Waals surface area contributed by atoms with Crippen LogP contribution in [0.25, 0.3) is 11.3 Å². The molecule has 16 heavy (non-hydrogen) atoms. The lowest BCUT2D eigenvalue weighted by atomic mass is 10.1. The molecule has 2 rings (SSSR count). The summed E-state index contributed by atoms with van der Waals surface area (Å²) in [6, 6.07) is 6.05. The van der Waals surface area contributed by atoms with Gasteiger partial charge < -0.3 is 4.98 Å². The number of thiazole rings is 1. The maximum Gasteiger partial charge on any atom is 0.159 e. The van der Waals surface area contributed by atoms with Gasteiger partial charge in [0.1, 0.15) is 0 Å². The summed E-state index contributed by atoms with van der Waals surface area (Å²) >= 11 is 12.8. The Bertz CT molecular complexity index is 569. The molecule has 0 amide bonds. The molecular weight excluding hydrogens is 258 g/mol. The SMILES string of the molecule is CCc1sc(=S)[nH]c1-c1ccc(Cl)c(C)c1. The van der Waals surface area contributed by atoms with E-state index in [1.54, 1.807) is 11.3 Å². The van der Waals surface area contributed by atoms with E-state index >= 15 is 0 Å². The van der Waals surface area contributed by atoms with E-state index in [1.165, 1.54) is 4.88 Å². The third-order valence-electron chi connectivity index (χ3n) is 2.49. The van der Waals surface area contributed by atoms with Crippen LogP contribution in [-0.4, -0.2) is 4.98 Å². The molecule has 1 aromatic carbocycles. The average Bonchev–Trinajstić information content (AvgIpc) is 2.63. The third-order valence-corrected chi connectivity index (χ3v) is 4.29. The predicted octanol–water partition coefficient (Wildman–Crippen LogP) is 5.00. The molecule has 0 unspecified atom stereocenters. The van der Waals surface area contributed by atoms with Crippen molar-refractivity contribution in [2.45, 2.75) is 20.3 Å². The normalized spacial score (nSPS) is 10.7. The first-order valence-electron chi connectivity index (χ1n) is 5.10. The maximum atomic E-state index is 6.02. The van der Waals surface area contributed by atoms with E-state index in [9.17, 15) is 0 Å². The fraction of sp³-hybridized carbons (Fsp3) is 0.250. The maximum absolute atomic E-state index is 6.02.